The van der Waals surface area contributed by atoms with Crippen molar-refractivity contribution in [2.45, 2.75) is 36.2 Å². The van der Waals surface area contributed by atoms with E-state index in [2.05, 4.69) is 37.7 Å². The van der Waals surface area contributed by atoms with Gasteiger partial charge in [0.05, 0.1) is 23.6 Å². The molecular formula is C34H30ClN9O4S2. The molecule has 0 spiro atoms. The molecule has 3 heterocycles. The second kappa shape index (κ2) is 16.8. The summed E-state index contributed by atoms with van der Waals surface area (Å²) in [5.74, 6) is -0.650. The van der Waals surface area contributed by atoms with E-state index >= 15 is 0 Å². The summed E-state index contributed by atoms with van der Waals surface area (Å²) in [6, 6.07) is 16.8. The van der Waals surface area contributed by atoms with E-state index in [0.29, 0.717) is 38.4 Å². The molecule has 0 saturated carbocycles. The Kier molecular flexibility index (Phi) is 12.0. The zero-order valence-corrected chi connectivity index (χ0v) is 28.9. The van der Waals surface area contributed by atoms with Crippen LogP contribution in [0.3, 0.4) is 0 Å². The van der Waals surface area contributed by atoms with Crippen LogP contribution >= 0.6 is 34.7 Å². The van der Waals surface area contributed by atoms with Gasteiger partial charge in [-0.2, -0.15) is 10.5 Å². The molecular weight excluding hydrogens is 698 g/mol. The fraction of sp³-hybridized carbons (Fsp3) is 0.206. The molecule has 0 radical (unpaired) electrons. The van der Waals surface area contributed by atoms with Crippen molar-refractivity contribution in [3.8, 4) is 39.6 Å². The van der Waals surface area contributed by atoms with Gasteiger partial charge in [-0.15, -0.1) is 11.3 Å². The van der Waals surface area contributed by atoms with Gasteiger partial charge >= 0.3 is 5.97 Å². The molecule has 2 atom stereocenters. The zero-order chi connectivity index (χ0) is 35.6. The van der Waals surface area contributed by atoms with E-state index in [1.54, 1.807) is 30.5 Å². The number of imidazole rings is 1. The first-order valence-electron chi connectivity index (χ1n) is 15.1. The number of rotatable bonds is 15. The lowest BCUT2D eigenvalue weighted by Crippen LogP contribution is -2.50. The number of hydrogen-bond donors (Lipinski definition) is 5. The number of amides is 1. The van der Waals surface area contributed by atoms with E-state index in [1.165, 1.54) is 36.3 Å². The maximum Gasteiger partial charge on any atom is 0.325 e. The monoisotopic (exact) mass is 727 g/mol. The van der Waals surface area contributed by atoms with Gasteiger partial charge in [-0.1, -0.05) is 47.6 Å². The fourth-order valence-electron chi connectivity index (χ4n) is 4.80. The quantitative estimate of drug-likeness (QED) is 0.0709. The van der Waals surface area contributed by atoms with Crippen LogP contribution in [0, 0.1) is 22.7 Å². The summed E-state index contributed by atoms with van der Waals surface area (Å²) in [5, 5.41) is 38.7. The van der Waals surface area contributed by atoms with Crippen LogP contribution in [0.4, 0.5) is 5.82 Å². The molecule has 0 aliphatic heterocycles. The Bertz CT molecular complexity index is 2040. The van der Waals surface area contributed by atoms with E-state index in [-0.39, 0.29) is 36.5 Å². The third-order valence-electron chi connectivity index (χ3n) is 7.34. The Labute approximate surface area is 300 Å². The molecule has 50 heavy (non-hydrogen) atoms. The van der Waals surface area contributed by atoms with Crippen molar-refractivity contribution < 1.29 is 19.4 Å². The molecule has 0 unspecified atom stereocenters. The van der Waals surface area contributed by atoms with Crippen molar-refractivity contribution >= 4 is 52.4 Å². The molecule has 3 aromatic heterocycles. The predicted octanol–water partition coefficient (Wildman–Crippen LogP) is 5.04. The first kappa shape index (κ1) is 35.8. The summed E-state index contributed by atoms with van der Waals surface area (Å²) < 4.78 is 5.88. The summed E-state index contributed by atoms with van der Waals surface area (Å²) >= 11 is 8.82. The van der Waals surface area contributed by atoms with E-state index < -0.39 is 24.0 Å². The number of hydrogen-bond acceptors (Lipinski definition) is 12. The number of carboxylic acids is 1. The average Bonchev–Trinajstić information content (AvgIpc) is 3.81. The van der Waals surface area contributed by atoms with E-state index in [4.69, 9.17) is 27.1 Å². The first-order chi connectivity index (χ1) is 24.2. The SMILES string of the molecule is C[C@H](NC(=O)[C@H](Cc1cnc[nH]1)NCCOc1ccc(-c2c(C#N)c(N)nc(SCc3csc(-c4ccc(Cl)cc4)n3)c2C#N)cc1)C(=O)O. The molecule has 5 aromatic rings. The Morgan fingerprint density at radius 1 is 1.10 bits per heavy atom. The summed E-state index contributed by atoms with van der Waals surface area (Å²) in [7, 11) is 0. The van der Waals surface area contributed by atoms with Gasteiger partial charge in [-0.05, 0) is 36.8 Å². The molecule has 0 aliphatic rings. The number of thioether (sulfide) groups is 1. The van der Waals surface area contributed by atoms with Crippen LogP contribution in [0.15, 0.2) is 71.5 Å². The number of nitriles is 2. The van der Waals surface area contributed by atoms with Gasteiger partial charge in [0.2, 0.25) is 5.91 Å². The number of carbonyl (C=O) groups excluding carboxylic acids is 1. The average molecular weight is 728 g/mol. The maximum absolute atomic E-state index is 12.8. The minimum absolute atomic E-state index is 0.0157. The molecule has 2 aromatic carbocycles. The molecule has 6 N–H and O–H groups in total. The maximum atomic E-state index is 12.8. The molecule has 5 rings (SSSR count). The number of thiazole rings is 1. The van der Waals surface area contributed by atoms with Crippen LogP contribution in [-0.4, -0.2) is 62.2 Å². The molecule has 0 aliphatic carbocycles. The number of aliphatic carboxylic acids is 1. The zero-order valence-electron chi connectivity index (χ0n) is 26.5. The van der Waals surface area contributed by atoms with Gasteiger partial charge in [-0.3, -0.25) is 9.59 Å². The minimum Gasteiger partial charge on any atom is -0.492 e. The number of anilines is 1. The van der Waals surface area contributed by atoms with Gasteiger partial charge in [0.1, 0.15) is 52.0 Å². The number of aromatic nitrogens is 4. The van der Waals surface area contributed by atoms with Gasteiger partial charge < -0.3 is 31.2 Å². The van der Waals surface area contributed by atoms with Crippen molar-refractivity contribution in [2.75, 3.05) is 18.9 Å². The molecule has 16 heteroatoms. The highest BCUT2D eigenvalue weighted by molar-refractivity contribution is 7.98. The predicted molar refractivity (Wildman–Crippen MR) is 190 cm³/mol. The Hall–Kier alpha value is -5.45. The number of ether oxygens (including phenoxy) is 1. The molecule has 254 valence electrons. The molecule has 0 fully saturated rings. The summed E-state index contributed by atoms with van der Waals surface area (Å²) in [5.41, 5.74) is 9.96. The Balaban J connectivity index is 1.25. The van der Waals surface area contributed by atoms with Crippen LogP contribution in [0.25, 0.3) is 21.7 Å². The summed E-state index contributed by atoms with van der Waals surface area (Å²) in [6.07, 6.45) is 3.35. The number of nitrogen functional groups attached to an aromatic ring is 1. The van der Waals surface area contributed by atoms with Crippen molar-refractivity contribution in [1.29, 1.82) is 10.5 Å². The van der Waals surface area contributed by atoms with E-state index in [1.807, 2.05) is 29.6 Å². The fourth-order valence-corrected chi connectivity index (χ4v) is 6.75. The minimum atomic E-state index is -1.14. The van der Waals surface area contributed by atoms with Crippen molar-refractivity contribution in [3.63, 3.8) is 0 Å². The van der Waals surface area contributed by atoms with Gasteiger partial charge in [-0.25, -0.2) is 15.0 Å². The largest absolute Gasteiger partial charge is 0.492 e. The normalized spacial score (nSPS) is 12.0. The lowest BCUT2D eigenvalue weighted by atomic mass is 9.97. The lowest BCUT2D eigenvalue weighted by molar-refractivity contribution is -0.141. The molecule has 1 amide bonds. The van der Waals surface area contributed by atoms with Gasteiger partial charge in [0.25, 0.3) is 0 Å². The second-order valence-corrected chi connectivity index (χ2v) is 13.1. The number of nitrogens with two attached hydrogens (primary N) is 1. The summed E-state index contributed by atoms with van der Waals surface area (Å²) in [6.45, 7) is 1.85. The smallest absolute Gasteiger partial charge is 0.325 e. The first-order valence-corrected chi connectivity index (χ1v) is 17.3. The lowest BCUT2D eigenvalue weighted by Gasteiger charge is -2.19. The standard InChI is InChI=1S/C34H30ClN9O4S2/c1-19(34(46)47)42-31(45)28(12-23-15-39-18-41-23)40-10-11-48-25-8-4-20(5-9-25)29-26(13-36)30(38)44-33(27(29)14-37)50-17-24-16-49-32(43-24)21-2-6-22(35)7-3-21/h2-9,15-16,18-19,28,40H,10-12,17H2,1H3,(H2,38,44)(H,39,41)(H,42,45)(H,46,47)/t19-,28-/m0/s1. The van der Waals surface area contributed by atoms with E-state index in [0.717, 1.165) is 16.3 Å². The van der Waals surface area contributed by atoms with Crippen LogP contribution in [0.1, 0.15) is 29.4 Å². The number of carbonyl (C=O) groups is 2. The molecule has 0 saturated heterocycles. The van der Waals surface area contributed by atoms with Crippen molar-refractivity contribution in [3.05, 3.63) is 94.0 Å². The highest BCUT2D eigenvalue weighted by atomic mass is 35.5. The molecule has 13 nitrogen and oxygen atoms in total. The highest BCUT2D eigenvalue weighted by Crippen LogP contribution is 2.37. The topological polar surface area (TPSA) is 216 Å². The number of halogens is 1. The second-order valence-electron chi connectivity index (χ2n) is 10.8. The highest BCUT2D eigenvalue weighted by Gasteiger charge is 2.24. The number of benzene rings is 2. The van der Waals surface area contributed by atoms with Gasteiger partial charge in [0, 0.05) is 52.1 Å². The number of nitrogens with one attached hydrogen (secondary N) is 3. The number of aromatic amines is 1. The number of H-pyrrole nitrogens is 1. The number of nitrogens with zero attached hydrogens (tertiary/aromatic N) is 5. The Morgan fingerprint density at radius 3 is 2.48 bits per heavy atom. The number of pyridine rings is 1. The van der Waals surface area contributed by atoms with Crippen LogP contribution in [0.5, 0.6) is 5.75 Å². The third kappa shape index (κ3) is 8.96. The number of carboxylic acid groups (broad SMARTS) is 1. The van der Waals surface area contributed by atoms with Crippen LogP contribution < -0.4 is 21.1 Å². The van der Waals surface area contributed by atoms with Crippen LogP contribution in [-0.2, 0) is 21.8 Å². The summed E-state index contributed by atoms with van der Waals surface area (Å²) in [4.78, 5) is 40.0. The van der Waals surface area contributed by atoms with Crippen molar-refractivity contribution in [2.24, 2.45) is 0 Å². The van der Waals surface area contributed by atoms with Crippen LogP contribution in [0.2, 0.25) is 5.02 Å². The van der Waals surface area contributed by atoms with Crippen molar-refractivity contribution in [1.82, 2.24) is 30.6 Å². The van der Waals surface area contributed by atoms with E-state index in [9.17, 15) is 25.2 Å². The molecule has 0 bridgehead atoms. The third-order valence-corrected chi connectivity index (χ3v) is 9.55. The Morgan fingerprint density at radius 2 is 1.82 bits per heavy atom. The van der Waals surface area contributed by atoms with Gasteiger partial charge in [0.15, 0.2) is 0 Å².